The smallest absolute Gasteiger partial charge is 0.268 e. The fourth-order valence-electron chi connectivity index (χ4n) is 10.5. The molecular formula is C68H52N4OPt-2. The number of hydrogen-bond donors (Lipinski definition) is 0. The first-order valence-corrected chi connectivity index (χ1v) is 24.7. The van der Waals surface area contributed by atoms with Gasteiger partial charge in [-0.15, -0.1) is 29.7 Å². The van der Waals surface area contributed by atoms with Gasteiger partial charge in [0.15, 0.2) is 0 Å². The van der Waals surface area contributed by atoms with Crippen molar-refractivity contribution in [1.82, 2.24) is 14.1 Å². The summed E-state index contributed by atoms with van der Waals surface area (Å²) >= 11 is 0. The third-order valence-corrected chi connectivity index (χ3v) is 14.2. The summed E-state index contributed by atoms with van der Waals surface area (Å²) in [5.41, 5.74) is 15.7. The maximum atomic E-state index is 9.04. The number of benzene rings is 9. The Morgan fingerprint density at radius 2 is 1.16 bits per heavy atom. The summed E-state index contributed by atoms with van der Waals surface area (Å²) in [7, 11) is 0. The minimum atomic E-state index is -0.430. The third kappa shape index (κ3) is 7.98. The molecule has 0 unspecified atom stereocenters. The van der Waals surface area contributed by atoms with Crippen molar-refractivity contribution < 1.29 is 37.2 Å². The molecule has 0 saturated heterocycles. The molecule has 0 N–H and O–H groups in total. The van der Waals surface area contributed by atoms with Gasteiger partial charge in [-0.25, -0.2) is 4.98 Å². The predicted octanol–water partition coefficient (Wildman–Crippen LogP) is 16.8. The zero-order valence-corrected chi connectivity index (χ0v) is 44.0. The van der Waals surface area contributed by atoms with Crippen molar-refractivity contribution >= 4 is 32.8 Å². The molecule has 1 aliphatic rings. The average Bonchev–Trinajstić information content (AvgIpc) is 3.98. The van der Waals surface area contributed by atoms with Crippen LogP contribution in [-0.2, 0) is 31.9 Å². The zero-order chi connectivity index (χ0) is 53.9. The van der Waals surface area contributed by atoms with Crippen LogP contribution in [0.3, 0.4) is 0 Å². The fraction of sp³-hybridized carbons (Fsp3) is 0.118. The van der Waals surface area contributed by atoms with Gasteiger partial charge in [0, 0.05) is 44.3 Å². The van der Waals surface area contributed by atoms with Crippen LogP contribution in [0.1, 0.15) is 59.5 Å². The summed E-state index contributed by atoms with van der Waals surface area (Å²) in [6, 6.07) is 63.8. The second-order valence-corrected chi connectivity index (χ2v) is 20.9. The van der Waals surface area contributed by atoms with Crippen LogP contribution in [0.25, 0.3) is 106 Å². The van der Waals surface area contributed by atoms with E-state index in [2.05, 4.69) is 190 Å². The van der Waals surface area contributed by atoms with Crippen molar-refractivity contribution in [2.75, 3.05) is 0 Å². The summed E-state index contributed by atoms with van der Waals surface area (Å²) in [5, 5.41) is 2.14. The Morgan fingerprint density at radius 1 is 0.514 bits per heavy atom. The van der Waals surface area contributed by atoms with E-state index >= 15 is 0 Å². The number of para-hydroxylation sites is 3. The largest absolute Gasteiger partial charge is 0.510 e. The zero-order valence-electron chi connectivity index (χ0n) is 46.8. The molecule has 0 radical (unpaired) electrons. The van der Waals surface area contributed by atoms with Gasteiger partial charge in [-0.2, -0.15) is 18.2 Å². The monoisotopic (exact) mass is 1140 g/mol. The first-order valence-electron chi connectivity index (χ1n) is 27.2. The number of ether oxygens (including phenoxy) is 1. The third-order valence-electron chi connectivity index (χ3n) is 14.2. The molecule has 3 aromatic heterocycles. The molecule has 0 fully saturated rings. The van der Waals surface area contributed by atoms with Crippen LogP contribution in [0, 0.1) is 18.5 Å². The van der Waals surface area contributed by atoms with Gasteiger partial charge in [0.1, 0.15) is 5.82 Å². The van der Waals surface area contributed by atoms with E-state index in [1.807, 2.05) is 59.3 Å². The number of nitrogens with zero attached hydrogens (tertiary/aromatic N) is 4. The minimum absolute atomic E-state index is 0. The number of imidazole rings is 1. The van der Waals surface area contributed by atoms with E-state index in [0.717, 1.165) is 88.9 Å². The molecule has 0 amide bonds. The molecule has 0 atom stereocenters. The molecule has 0 spiro atoms. The van der Waals surface area contributed by atoms with E-state index < -0.39 is 6.04 Å². The normalized spacial score (nSPS) is 13.0. The molecule has 0 bridgehead atoms. The summed E-state index contributed by atoms with van der Waals surface area (Å²) in [4.78, 5) is 4.88. The van der Waals surface area contributed by atoms with Crippen molar-refractivity contribution in [2.45, 2.75) is 52.4 Å². The molecule has 9 aromatic carbocycles. The number of rotatable bonds is 6. The Labute approximate surface area is 454 Å². The SMILES string of the molecule is [2H]c1c([2H])c([2H])c(-c2ccc3c(c2)-c2cccc(-c4ccc(C(C)(C)C)cc4)c2-[n+]2[c-]n(-c4[c-]c(Oc5[c-]c6c(cc5)c5ccccc5n6-c5cc(C(C)(C)C)ccn5)ccc4)c4cccc(c42)-c2ccccc2-3)c([2H])c1[2H].[Pt]. The van der Waals surface area contributed by atoms with Crippen molar-refractivity contribution in [3.05, 3.63) is 236 Å². The van der Waals surface area contributed by atoms with Crippen LogP contribution < -0.4 is 9.30 Å². The van der Waals surface area contributed by atoms with Crippen LogP contribution in [0.2, 0.25) is 0 Å². The average molecular weight is 1140 g/mol. The van der Waals surface area contributed by atoms with E-state index in [9.17, 15) is 0 Å². The quantitative estimate of drug-likeness (QED) is 0.123. The first kappa shape index (κ1) is 41.4. The van der Waals surface area contributed by atoms with Crippen molar-refractivity contribution in [3.8, 4) is 84.3 Å². The standard InChI is InChI=1S/C68H52N4O.Pt/c1-67(2,3)47-32-29-45(30-33-47)52-24-15-25-59-60-39-46(44-17-8-7-9-18-44)31-35-55(60)53-21-10-11-22-54(53)58-26-16-28-62-66(58)71(65(52)59)43-70(62)49-19-14-20-50(41-49)73-51-34-36-57-56-23-12-13-27-61(56)72(63(57)42-51)64-40-48(37-38-69-64)68(4,5)6;/h7-40H,1-6H3;/q-2;/i7D,8D,9D,17D,18D;. The van der Waals surface area contributed by atoms with Crippen LogP contribution >= 0.6 is 0 Å². The Kier molecular flexibility index (Phi) is 10.1. The van der Waals surface area contributed by atoms with Gasteiger partial charge in [0.25, 0.3) is 6.33 Å². The van der Waals surface area contributed by atoms with Crippen LogP contribution in [0.5, 0.6) is 11.5 Å². The minimum Gasteiger partial charge on any atom is -0.510 e. The van der Waals surface area contributed by atoms with E-state index in [0.29, 0.717) is 22.7 Å². The summed E-state index contributed by atoms with van der Waals surface area (Å²) in [6.45, 7) is 13.3. The van der Waals surface area contributed by atoms with E-state index in [1.165, 1.54) is 11.1 Å². The predicted molar refractivity (Wildman–Crippen MR) is 298 cm³/mol. The van der Waals surface area contributed by atoms with Gasteiger partial charge in [0.05, 0.1) is 23.6 Å². The fourth-order valence-corrected chi connectivity index (χ4v) is 10.5. The molecule has 362 valence electrons. The topological polar surface area (TPSA) is 35.9 Å². The van der Waals surface area contributed by atoms with Crippen LogP contribution in [-0.4, -0.2) is 14.1 Å². The molecule has 6 heteroatoms. The second-order valence-electron chi connectivity index (χ2n) is 20.9. The summed E-state index contributed by atoms with van der Waals surface area (Å²) < 4.78 is 56.8. The molecule has 0 saturated carbocycles. The summed E-state index contributed by atoms with van der Waals surface area (Å²) in [5.74, 6) is 1.84. The van der Waals surface area contributed by atoms with Gasteiger partial charge in [0.2, 0.25) is 0 Å². The molecular weight excluding hydrogens is 1080 g/mol. The van der Waals surface area contributed by atoms with Gasteiger partial charge in [-0.05, 0) is 113 Å². The number of aromatic nitrogens is 4. The Hall–Kier alpha value is -8.11. The van der Waals surface area contributed by atoms with Crippen molar-refractivity contribution in [1.29, 1.82) is 0 Å². The number of hydrogen-bond acceptors (Lipinski definition) is 2. The van der Waals surface area contributed by atoms with Crippen LogP contribution in [0.4, 0.5) is 0 Å². The first-order chi connectivity index (χ1) is 37.5. The van der Waals surface area contributed by atoms with E-state index in [1.54, 1.807) is 0 Å². The maximum Gasteiger partial charge on any atom is 0.268 e. The van der Waals surface area contributed by atoms with Gasteiger partial charge in [-0.1, -0.05) is 193 Å². The molecule has 74 heavy (non-hydrogen) atoms. The van der Waals surface area contributed by atoms with E-state index in [-0.39, 0.29) is 61.6 Å². The van der Waals surface area contributed by atoms with Gasteiger partial charge >= 0.3 is 0 Å². The number of fused-ring (bicyclic) bond motifs is 10. The Morgan fingerprint density at radius 3 is 1.96 bits per heavy atom. The molecule has 5 nitrogen and oxygen atoms in total. The maximum absolute atomic E-state index is 9.04. The molecule has 0 aliphatic carbocycles. The Balaban J connectivity index is 0.00000623. The number of pyridine rings is 1. The molecule has 13 rings (SSSR count). The summed E-state index contributed by atoms with van der Waals surface area (Å²) in [6.07, 6.45) is 5.74. The van der Waals surface area contributed by atoms with Gasteiger partial charge < -0.3 is 13.9 Å². The molecule has 12 aromatic rings. The molecule has 1 aliphatic heterocycles. The second kappa shape index (κ2) is 18.1. The van der Waals surface area contributed by atoms with Crippen molar-refractivity contribution in [2.24, 2.45) is 0 Å². The van der Waals surface area contributed by atoms with E-state index in [4.69, 9.17) is 16.6 Å². The van der Waals surface area contributed by atoms with Gasteiger partial charge in [-0.3, -0.25) is 4.57 Å². The Bertz CT molecular complexity index is 4420. The molecule has 4 heterocycles. The van der Waals surface area contributed by atoms with Crippen molar-refractivity contribution in [3.63, 3.8) is 0 Å². The van der Waals surface area contributed by atoms with Crippen LogP contribution in [0.15, 0.2) is 206 Å².